The van der Waals surface area contributed by atoms with Gasteiger partial charge in [-0.25, -0.2) is 0 Å². The number of carbonyl (C=O) groups is 2. The highest BCUT2D eigenvalue weighted by Gasteiger charge is 2.49. The van der Waals surface area contributed by atoms with E-state index in [0.29, 0.717) is 13.2 Å². The molecule has 24 heavy (non-hydrogen) atoms. The Morgan fingerprint density at radius 2 is 1.12 bits per heavy atom. The van der Waals surface area contributed by atoms with Crippen molar-refractivity contribution in [2.24, 2.45) is 10.8 Å². The average molecular weight is 342 g/mol. The average Bonchev–Trinajstić information content (AvgIpc) is 3.02. The molecule has 0 aromatic carbocycles. The molecule has 0 aromatic heterocycles. The fourth-order valence-electron chi connectivity index (χ4n) is 2.51. The second-order valence-corrected chi connectivity index (χ2v) is 8.64. The molecule has 0 amide bonds. The van der Waals surface area contributed by atoms with E-state index in [9.17, 15) is 9.59 Å². The predicted octanol–water partition coefficient (Wildman–Crippen LogP) is 1.78. The molecule has 6 heteroatoms. The van der Waals surface area contributed by atoms with Crippen LogP contribution in [0.4, 0.5) is 0 Å². The van der Waals surface area contributed by atoms with Gasteiger partial charge in [0.2, 0.25) is 0 Å². The third kappa shape index (κ3) is 4.63. The lowest BCUT2D eigenvalue weighted by Crippen LogP contribution is -2.37. The van der Waals surface area contributed by atoms with Gasteiger partial charge in [0.1, 0.15) is 37.6 Å². The molecule has 0 unspecified atom stereocenters. The normalized spacial score (nSPS) is 30.4. The summed E-state index contributed by atoms with van der Waals surface area (Å²) in [4.78, 5) is 24.0. The number of ether oxygens (including phenoxy) is 4. The van der Waals surface area contributed by atoms with Crippen LogP contribution >= 0.6 is 0 Å². The molecule has 0 saturated carbocycles. The van der Waals surface area contributed by atoms with E-state index in [1.807, 2.05) is 41.5 Å². The van der Waals surface area contributed by atoms with Crippen LogP contribution in [0.1, 0.15) is 41.5 Å². The number of hydrogen-bond donors (Lipinski definition) is 0. The highest BCUT2D eigenvalue weighted by atomic mass is 16.6. The zero-order chi connectivity index (χ0) is 18.1. The van der Waals surface area contributed by atoms with Crippen LogP contribution in [0.15, 0.2) is 0 Å². The molecular weight excluding hydrogens is 312 g/mol. The maximum Gasteiger partial charge on any atom is 0.163 e. The molecule has 0 aliphatic carbocycles. The molecule has 2 aliphatic rings. The van der Waals surface area contributed by atoms with Crippen molar-refractivity contribution in [3.8, 4) is 0 Å². The minimum Gasteiger partial charge on any atom is -0.370 e. The van der Waals surface area contributed by atoms with Crippen molar-refractivity contribution in [3.63, 3.8) is 0 Å². The molecule has 0 radical (unpaired) electrons. The molecule has 0 spiro atoms. The lowest BCUT2D eigenvalue weighted by molar-refractivity contribution is -0.136. The Bertz CT molecular complexity index is 429. The van der Waals surface area contributed by atoms with Gasteiger partial charge >= 0.3 is 0 Å². The Morgan fingerprint density at radius 3 is 1.42 bits per heavy atom. The topological polar surface area (TPSA) is 71.1 Å². The first-order chi connectivity index (χ1) is 11.0. The van der Waals surface area contributed by atoms with Gasteiger partial charge in [-0.2, -0.15) is 0 Å². The summed E-state index contributed by atoms with van der Waals surface area (Å²) in [6, 6.07) is 0. The maximum absolute atomic E-state index is 12.0. The van der Waals surface area contributed by atoms with Crippen molar-refractivity contribution in [1.29, 1.82) is 0 Å². The van der Waals surface area contributed by atoms with Gasteiger partial charge in [-0.05, 0) is 0 Å². The molecule has 2 fully saturated rings. The zero-order valence-corrected chi connectivity index (χ0v) is 15.6. The summed E-state index contributed by atoms with van der Waals surface area (Å²) in [6.07, 6.45) is -1.03. The van der Waals surface area contributed by atoms with Crippen molar-refractivity contribution in [2.75, 3.05) is 26.4 Å². The Balaban J connectivity index is 1.81. The summed E-state index contributed by atoms with van der Waals surface area (Å²) >= 11 is 0. The van der Waals surface area contributed by atoms with E-state index in [1.54, 1.807) is 0 Å². The second kappa shape index (κ2) is 7.20. The molecule has 0 N–H and O–H groups in total. The molecule has 6 nitrogen and oxygen atoms in total. The predicted molar refractivity (Wildman–Crippen MR) is 87.9 cm³/mol. The van der Waals surface area contributed by atoms with Crippen LogP contribution in [0, 0.1) is 10.8 Å². The number of carbonyl (C=O) groups excluding carboxylic acids is 2. The van der Waals surface area contributed by atoms with E-state index in [2.05, 4.69) is 0 Å². The third-order valence-electron chi connectivity index (χ3n) is 4.49. The lowest BCUT2D eigenvalue weighted by atomic mass is 9.91. The van der Waals surface area contributed by atoms with E-state index >= 15 is 0 Å². The summed E-state index contributed by atoms with van der Waals surface area (Å²) < 4.78 is 22.9. The van der Waals surface area contributed by atoms with Crippen molar-refractivity contribution >= 4 is 11.6 Å². The molecule has 0 bridgehead atoms. The van der Waals surface area contributed by atoms with E-state index in [4.69, 9.17) is 18.9 Å². The Hall–Kier alpha value is -0.820. The second-order valence-electron chi connectivity index (χ2n) is 8.64. The minimum absolute atomic E-state index is 0.0486. The van der Waals surface area contributed by atoms with Gasteiger partial charge in [0.15, 0.2) is 11.6 Å². The standard InChI is InChI=1S/C18H30O6/c1-17(2,3)13(19)9-21-11-7-23-16-12(8-24-15(11)16)22-10-14(20)18(4,5)6/h11-12,15-16H,7-10H2,1-6H3/t11-,12+,15-,16-/m1/s1. The van der Waals surface area contributed by atoms with E-state index in [-0.39, 0.29) is 49.2 Å². The number of rotatable bonds is 6. The van der Waals surface area contributed by atoms with Gasteiger partial charge in [-0.1, -0.05) is 41.5 Å². The van der Waals surface area contributed by atoms with Crippen LogP contribution in [0.5, 0.6) is 0 Å². The van der Waals surface area contributed by atoms with Crippen LogP contribution in [0.25, 0.3) is 0 Å². The number of fused-ring (bicyclic) bond motifs is 1. The Morgan fingerprint density at radius 1 is 0.792 bits per heavy atom. The first-order valence-corrected chi connectivity index (χ1v) is 8.53. The van der Waals surface area contributed by atoms with Gasteiger partial charge < -0.3 is 18.9 Å². The molecule has 2 saturated heterocycles. The molecule has 2 aliphatic heterocycles. The lowest BCUT2D eigenvalue weighted by Gasteiger charge is -2.21. The van der Waals surface area contributed by atoms with Gasteiger partial charge in [-0.15, -0.1) is 0 Å². The molecule has 2 heterocycles. The number of hydrogen-bond acceptors (Lipinski definition) is 6. The Labute approximate surface area is 144 Å². The largest absolute Gasteiger partial charge is 0.370 e. The van der Waals surface area contributed by atoms with E-state index in [1.165, 1.54) is 0 Å². The minimum atomic E-state index is -0.422. The first-order valence-electron chi connectivity index (χ1n) is 8.53. The van der Waals surface area contributed by atoms with Gasteiger partial charge in [-0.3, -0.25) is 9.59 Å². The van der Waals surface area contributed by atoms with Crippen molar-refractivity contribution in [1.82, 2.24) is 0 Å². The van der Waals surface area contributed by atoms with Crippen molar-refractivity contribution in [3.05, 3.63) is 0 Å². The Kier molecular flexibility index (Phi) is 5.85. The first kappa shape index (κ1) is 19.5. The van der Waals surface area contributed by atoms with Crippen LogP contribution in [-0.4, -0.2) is 62.4 Å². The van der Waals surface area contributed by atoms with Crippen LogP contribution in [0.3, 0.4) is 0 Å². The summed E-state index contributed by atoms with van der Waals surface area (Å²) in [5.74, 6) is 0.0973. The quantitative estimate of drug-likeness (QED) is 0.733. The molecule has 4 atom stereocenters. The van der Waals surface area contributed by atoms with Crippen LogP contribution in [0.2, 0.25) is 0 Å². The summed E-state index contributed by atoms with van der Waals surface area (Å²) in [5, 5.41) is 0. The highest BCUT2D eigenvalue weighted by Crippen LogP contribution is 2.31. The number of ketones is 2. The van der Waals surface area contributed by atoms with Crippen LogP contribution < -0.4 is 0 Å². The van der Waals surface area contributed by atoms with Crippen LogP contribution in [-0.2, 0) is 28.5 Å². The van der Waals surface area contributed by atoms with E-state index in [0.717, 1.165) is 0 Å². The fraction of sp³-hybridized carbons (Fsp3) is 0.889. The van der Waals surface area contributed by atoms with E-state index < -0.39 is 10.8 Å². The van der Waals surface area contributed by atoms with Crippen molar-refractivity contribution in [2.45, 2.75) is 66.0 Å². The molecular formula is C18H30O6. The number of Topliss-reactive ketones (excluding diaryl/α,β-unsaturated/α-hetero) is 2. The monoisotopic (exact) mass is 342 g/mol. The smallest absolute Gasteiger partial charge is 0.163 e. The van der Waals surface area contributed by atoms with Gasteiger partial charge in [0, 0.05) is 10.8 Å². The third-order valence-corrected chi connectivity index (χ3v) is 4.49. The highest BCUT2D eigenvalue weighted by molar-refractivity contribution is 5.85. The fourth-order valence-corrected chi connectivity index (χ4v) is 2.51. The summed E-state index contributed by atoms with van der Waals surface area (Å²) in [5.41, 5.74) is -0.845. The summed E-state index contributed by atoms with van der Waals surface area (Å²) in [7, 11) is 0. The maximum atomic E-state index is 12.0. The molecule has 0 aromatic rings. The molecule has 2 rings (SSSR count). The van der Waals surface area contributed by atoms with Gasteiger partial charge in [0.25, 0.3) is 0 Å². The molecule has 138 valence electrons. The summed E-state index contributed by atoms with van der Waals surface area (Å²) in [6.45, 7) is 12.1. The van der Waals surface area contributed by atoms with Gasteiger partial charge in [0.05, 0.1) is 13.2 Å². The van der Waals surface area contributed by atoms with Crippen molar-refractivity contribution < 1.29 is 28.5 Å². The SMILES string of the molecule is CC(C)(C)C(=O)CO[C@H]1CO[C@H]2[C@@H]1OC[C@H]2OCC(=O)C(C)(C)C. The zero-order valence-electron chi connectivity index (χ0n) is 15.6.